The van der Waals surface area contributed by atoms with Gasteiger partial charge in [-0.15, -0.1) is 0 Å². The van der Waals surface area contributed by atoms with Crippen molar-refractivity contribution >= 4 is 5.69 Å². The molecule has 78 valence electrons. The molecular formula is C11H14N4. The van der Waals surface area contributed by atoms with Crippen molar-refractivity contribution in [1.29, 1.82) is 5.26 Å². The summed E-state index contributed by atoms with van der Waals surface area (Å²) in [6, 6.07) is 4.20. The number of hydrogen-bond acceptors (Lipinski definition) is 4. The van der Waals surface area contributed by atoms with Crippen molar-refractivity contribution in [3.63, 3.8) is 0 Å². The molecule has 1 fully saturated rings. The van der Waals surface area contributed by atoms with Crippen molar-refractivity contribution in [1.82, 2.24) is 4.98 Å². The summed E-state index contributed by atoms with van der Waals surface area (Å²) < 4.78 is 0. The zero-order valence-electron chi connectivity index (χ0n) is 8.56. The minimum Gasteiger partial charge on any atom is -0.369 e. The molecule has 0 amide bonds. The van der Waals surface area contributed by atoms with E-state index in [1.165, 1.54) is 0 Å². The molecule has 0 spiro atoms. The zero-order valence-corrected chi connectivity index (χ0v) is 8.56. The molecule has 2 N–H and O–H groups in total. The van der Waals surface area contributed by atoms with Crippen LogP contribution in [0.2, 0.25) is 0 Å². The van der Waals surface area contributed by atoms with E-state index in [-0.39, 0.29) is 6.04 Å². The first-order valence-corrected chi connectivity index (χ1v) is 5.15. The number of nitriles is 1. The summed E-state index contributed by atoms with van der Waals surface area (Å²) in [6.45, 7) is 1.86. The highest BCUT2D eigenvalue weighted by Gasteiger charge is 2.17. The highest BCUT2D eigenvalue weighted by atomic mass is 15.2. The lowest BCUT2D eigenvalue weighted by molar-refractivity contribution is 0.506. The average molecular weight is 202 g/mol. The van der Waals surface area contributed by atoms with Gasteiger partial charge in [0.1, 0.15) is 6.07 Å². The lowest BCUT2D eigenvalue weighted by atomic mass is 10.1. The number of anilines is 1. The molecule has 0 radical (unpaired) electrons. The number of aromatic nitrogens is 1. The highest BCUT2D eigenvalue weighted by molar-refractivity contribution is 5.49. The van der Waals surface area contributed by atoms with Gasteiger partial charge in [0, 0.05) is 25.3 Å². The predicted octanol–water partition coefficient (Wildman–Crippen LogP) is 0.881. The Kier molecular flexibility index (Phi) is 2.84. The Morgan fingerprint density at radius 2 is 2.40 bits per heavy atom. The maximum atomic E-state index is 8.78. The van der Waals surface area contributed by atoms with Crippen LogP contribution in [-0.2, 0) is 0 Å². The van der Waals surface area contributed by atoms with E-state index >= 15 is 0 Å². The Hall–Kier alpha value is -1.60. The summed E-state index contributed by atoms with van der Waals surface area (Å²) in [5.41, 5.74) is 7.51. The molecule has 4 heteroatoms. The minimum absolute atomic E-state index is 0.240. The molecule has 1 saturated heterocycles. The van der Waals surface area contributed by atoms with Crippen LogP contribution in [0.15, 0.2) is 18.5 Å². The zero-order chi connectivity index (χ0) is 10.7. The van der Waals surface area contributed by atoms with Crippen LogP contribution in [0, 0.1) is 11.3 Å². The van der Waals surface area contributed by atoms with Gasteiger partial charge in [-0.25, -0.2) is 0 Å². The topological polar surface area (TPSA) is 65.9 Å². The molecule has 4 nitrogen and oxygen atoms in total. The first-order chi connectivity index (χ1) is 7.29. The molecular weight excluding hydrogens is 188 g/mol. The molecule has 1 aliphatic heterocycles. The van der Waals surface area contributed by atoms with Crippen molar-refractivity contribution in [2.24, 2.45) is 5.73 Å². The quantitative estimate of drug-likeness (QED) is 0.734. The summed E-state index contributed by atoms with van der Waals surface area (Å²) >= 11 is 0. The van der Waals surface area contributed by atoms with Gasteiger partial charge in [0.05, 0.1) is 17.4 Å². The first-order valence-electron chi connectivity index (χ1n) is 5.15. The van der Waals surface area contributed by atoms with Crippen LogP contribution in [0.25, 0.3) is 0 Å². The fraction of sp³-hybridized carbons (Fsp3) is 0.455. The van der Waals surface area contributed by atoms with Crippen LogP contribution in [0.5, 0.6) is 0 Å². The molecule has 2 rings (SSSR count). The molecule has 1 unspecified atom stereocenters. The van der Waals surface area contributed by atoms with Gasteiger partial charge in [0.2, 0.25) is 0 Å². The van der Waals surface area contributed by atoms with Crippen LogP contribution in [0.4, 0.5) is 5.69 Å². The van der Waals surface area contributed by atoms with Gasteiger partial charge in [-0.2, -0.15) is 5.26 Å². The Morgan fingerprint density at radius 1 is 1.53 bits per heavy atom. The smallest absolute Gasteiger partial charge is 0.101 e. The average Bonchev–Trinajstić information content (AvgIpc) is 2.29. The number of rotatable bonds is 1. The molecule has 0 saturated carbocycles. The number of piperidine rings is 1. The van der Waals surface area contributed by atoms with E-state index in [9.17, 15) is 0 Å². The summed E-state index contributed by atoms with van der Waals surface area (Å²) in [5, 5.41) is 8.78. The maximum absolute atomic E-state index is 8.78. The van der Waals surface area contributed by atoms with Gasteiger partial charge in [0.25, 0.3) is 0 Å². The number of nitrogens with zero attached hydrogens (tertiary/aromatic N) is 3. The predicted molar refractivity (Wildman–Crippen MR) is 58.4 cm³/mol. The molecule has 1 atom stereocenters. The molecule has 0 bridgehead atoms. The molecule has 2 heterocycles. The Labute approximate surface area is 89.3 Å². The second-order valence-corrected chi connectivity index (χ2v) is 3.89. The minimum atomic E-state index is 0.240. The van der Waals surface area contributed by atoms with E-state index < -0.39 is 0 Å². The van der Waals surface area contributed by atoms with E-state index in [4.69, 9.17) is 11.0 Å². The van der Waals surface area contributed by atoms with Crippen LogP contribution < -0.4 is 10.6 Å². The molecule has 0 aliphatic carbocycles. The fourth-order valence-electron chi connectivity index (χ4n) is 1.91. The van der Waals surface area contributed by atoms with E-state index in [2.05, 4.69) is 16.0 Å². The summed E-state index contributed by atoms with van der Waals surface area (Å²) in [6.07, 6.45) is 5.56. The lowest BCUT2D eigenvalue weighted by Gasteiger charge is -2.32. The standard InChI is InChI=1S/C11H14N4/c12-5-9-4-11(7-14-6-9)15-3-1-2-10(13)8-15/h4,6-7,10H,1-3,8,13H2. The van der Waals surface area contributed by atoms with Crippen LogP contribution in [0.1, 0.15) is 18.4 Å². The first kappa shape index (κ1) is 9.94. The number of pyridine rings is 1. The summed E-state index contributed by atoms with van der Waals surface area (Å²) in [4.78, 5) is 6.25. The normalized spacial score (nSPS) is 21.1. The van der Waals surface area contributed by atoms with Crippen molar-refractivity contribution in [3.8, 4) is 6.07 Å². The van der Waals surface area contributed by atoms with Gasteiger partial charge in [-0.1, -0.05) is 0 Å². The van der Waals surface area contributed by atoms with Gasteiger partial charge in [-0.05, 0) is 18.9 Å². The molecule has 1 aliphatic rings. The molecule has 0 aromatic carbocycles. The number of nitrogens with two attached hydrogens (primary N) is 1. The van der Waals surface area contributed by atoms with E-state index in [1.807, 2.05) is 6.07 Å². The maximum Gasteiger partial charge on any atom is 0.101 e. The summed E-state index contributed by atoms with van der Waals surface area (Å²) in [7, 11) is 0. The second-order valence-electron chi connectivity index (χ2n) is 3.89. The third-order valence-corrected chi connectivity index (χ3v) is 2.68. The van der Waals surface area contributed by atoms with Crippen LogP contribution in [0.3, 0.4) is 0 Å². The van der Waals surface area contributed by atoms with Gasteiger partial charge >= 0.3 is 0 Å². The monoisotopic (exact) mass is 202 g/mol. The molecule has 1 aromatic rings. The van der Waals surface area contributed by atoms with Crippen LogP contribution in [-0.4, -0.2) is 24.1 Å². The van der Waals surface area contributed by atoms with Gasteiger partial charge in [-0.3, -0.25) is 4.98 Å². The Bertz CT molecular complexity index is 382. The molecule has 1 aromatic heterocycles. The SMILES string of the molecule is N#Cc1cncc(N2CCCC(N)C2)c1. The highest BCUT2D eigenvalue weighted by Crippen LogP contribution is 2.18. The fourth-order valence-corrected chi connectivity index (χ4v) is 1.91. The third kappa shape index (κ3) is 2.25. The Morgan fingerprint density at radius 3 is 3.13 bits per heavy atom. The van der Waals surface area contributed by atoms with E-state index in [0.717, 1.165) is 31.6 Å². The second kappa shape index (κ2) is 4.28. The van der Waals surface area contributed by atoms with Crippen molar-refractivity contribution in [2.45, 2.75) is 18.9 Å². The van der Waals surface area contributed by atoms with Crippen molar-refractivity contribution < 1.29 is 0 Å². The van der Waals surface area contributed by atoms with Gasteiger partial charge < -0.3 is 10.6 Å². The lowest BCUT2D eigenvalue weighted by Crippen LogP contribution is -2.42. The van der Waals surface area contributed by atoms with E-state index in [1.54, 1.807) is 12.4 Å². The van der Waals surface area contributed by atoms with Crippen LogP contribution >= 0.6 is 0 Å². The van der Waals surface area contributed by atoms with Crippen molar-refractivity contribution in [3.05, 3.63) is 24.0 Å². The largest absolute Gasteiger partial charge is 0.369 e. The van der Waals surface area contributed by atoms with Crippen molar-refractivity contribution in [2.75, 3.05) is 18.0 Å². The third-order valence-electron chi connectivity index (χ3n) is 2.68. The number of hydrogen-bond donors (Lipinski definition) is 1. The summed E-state index contributed by atoms with van der Waals surface area (Å²) in [5.74, 6) is 0. The van der Waals surface area contributed by atoms with Gasteiger partial charge in [0.15, 0.2) is 0 Å². The van der Waals surface area contributed by atoms with E-state index in [0.29, 0.717) is 5.56 Å². The molecule has 15 heavy (non-hydrogen) atoms. The Balaban J connectivity index is 2.18.